The first-order valence-electron chi connectivity index (χ1n) is 16.2. The van der Waals surface area contributed by atoms with Crippen LogP contribution in [0.3, 0.4) is 0 Å². The number of unbranched alkanes of at least 4 members (excludes halogenated alkanes) is 3. The van der Waals surface area contributed by atoms with Gasteiger partial charge >= 0.3 is 12.1 Å². The average molecular weight is 646 g/mol. The van der Waals surface area contributed by atoms with Crippen molar-refractivity contribution >= 4 is 46.7 Å². The maximum Gasteiger partial charge on any atom is 0.412 e. The predicted molar refractivity (Wildman–Crippen MR) is 186 cm³/mol. The molecule has 1 unspecified atom stereocenters. The van der Waals surface area contributed by atoms with Crippen molar-refractivity contribution < 1.29 is 23.9 Å². The molecule has 47 heavy (non-hydrogen) atoms. The second kappa shape index (κ2) is 19.4. The van der Waals surface area contributed by atoms with Gasteiger partial charge in [-0.1, -0.05) is 39.2 Å². The quantitative estimate of drug-likeness (QED) is 0.0355. The molecule has 0 aliphatic rings. The van der Waals surface area contributed by atoms with E-state index in [1.807, 2.05) is 12.1 Å². The van der Waals surface area contributed by atoms with E-state index in [0.717, 1.165) is 37.8 Å². The fourth-order valence-corrected chi connectivity index (χ4v) is 4.67. The van der Waals surface area contributed by atoms with Crippen LogP contribution in [0.2, 0.25) is 0 Å². The zero-order chi connectivity index (χ0) is 34.0. The number of rotatable bonds is 18. The normalized spacial score (nSPS) is 11.2. The summed E-state index contributed by atoms with van der Waals surface area (Å²) in [6.07, 6.45) is 5.83. The number of nitrogens with two attached hydrogens (primary N) is 1. The van der Waals surface area contributed by atoms with Crippen molar-refractivity contribution in [1.29, 1.82) is 5.41 Å². The SMILES string of the molecule is CCCCCCOC(=O)NC(=N)c1ccc(NCC(CC)Nc2ccc(C(=O)N(CCC(=O)OCC)c3ccccn3)cc2N)cc1. The number of hydrogen-bond donors (Lipinski definition) is 5. The molecule has 0 spiro atoms. The van der Waals surface area contributed by atoms with Gasteiger partial charge in [0.15, 0.2) is 0 Å². The standard InChI is InChI=1S/C35H47N7O5/c1-4-7-8-11-22-47-35(45)41-33(37)25-13-16-28(17-14-25)39-24-27(5-2)40-30-18-15-26(23-29(30)36)34(44)42(21-19-32(43)46-6-3)31-12-9-10-20-38-31/h9-10,12-18,20,23,27,39-40H,4-8,11,19,21-22,24,36H2,1-3H3,(H2,37,41,45). The van der Waals surface area contributed by atoms with Crippen molar-refractivity contribution in [2.24, 2.45) is 0 Å². The Morgan fingerprint density at radius 1 is 0.957 bits per heavy atom. The number of carbonyl (C=O) groups excluding carboxylic acids is 3. The van der Waals surface area contributed by atoms with Crippen LogP contribution < -0.4 is 26.6 Å². The van der Waals surface area contributed by atoms with E-state index in [1.54, 1.807) is 61.7 Å². The van der Waals surface area contributed by atoms with Crippen LogP contribution >= 0.6 is 0 Å². The van der Waals surface area contributed by atoms with E-state index in [9.17, 15) is 14.4 Å². The Kier molecular flexibility index (Phi) is 15.0. The van der Waals surface area contributed by atoms with Crippen LogP contribution in [0.25, 0.3) is 0 Å². The first-order chi connectivity index (χ1) is 22.7. The molecule has 252 valence electrons. The molecule has 1 atom stereocenters. The maximum atomic E-state index is 13.5. The number of amidine groups is 1. The summed E-state index contributed by atoms with van der Waals surface area (Å²) < 4.78 is 10.2. The summed E-state index contributed by atoms with van der Waals surface area (Å²) in [5.41, 5.74) is 9.28. The highest BCUT2D eigenvalue weighted by Gasteiger charge is 2.21. The lowest BCUT2D eigenvalue weighted by atomic mass is 10.1. The van der Waals surface area contributed by atoms with Gasteiger partial charge in [-0.25, -0.2) is 9.78 Å². The summed E-state index contributed by atoms with van der Waals surface area (Å²) in [5, 5.41) is 17.5. The molecule has 3 rings (SSSR count). The van der Waals surface area contributed by atoms with Crippen LogP contribution in [-0.4, -0.2) is 61.1 Å². The minimum Gasteiger partial charge on any atom is -0.466 e. The lowest BCUT2D eigenvalue weighted by Crippen LogP contribution is -2.34. The second-order valence-corrected chi connectivity index (χ2v) is 10.9. The summed E-state index contributed by atoms with van der Waals surface area (Å²) in [7, 11) is 0. The molecule has 2 aromatic carbocycles. The summed E-state index contributed by atoms with van der Waals surface area (Å²) in [6, 6.07) is 17.6. The summed E-state index contributed by atoms with van der Waals surface area (Å²) >= 11 is 0. The first kappa shape index (κ1) is 36.3. The van der Waals surface area contributed by atoms with E-state index in [2.05, 4.69) is 34.8 Å². The number of alkyl carbamates (subject to hydrolysis) is 1. The van der Waals surface area contributed by atoms with Gasteiger partial charge in [0.05, 0.1) is 31.0 Å². The van der Waals surface area contributed by atoms with E-state index in [-0.39, 0.29) is 37.4 Å². The van der Waals surface area contributed by atoms with Crippen LogP contribution in [0, 0.1) is 5.41 Å². The Morgan fingerprint density at radius 3 is 2.38 bits per heavy atom. The molecule has 0 aliphatic carbocycles. The number of esters is 1. The topological polar surface area (TPSA) is 172 Å². The molecule has 0 saturated carbocycles. The molecule has 2 amide bonds. The number of nitrogens with zero attached hydrogens (tertiary/aromatic N) is 2. The molecular formula is C35H47N7O5. The summed E-state index contributed by atoms with van der Waals surface area (Å²) in [4.78, 5) is 43.2. The van der Waals surface area contributed by atoms with E-state index >= 15 is 0 Å². The van der Waals surface area contributed by atoms with Crippen molar-refractivity contribution in [3.8, 4) is 0 Å². The van der Waals surface area contributed by atoms with Crippen LogP contribution in [0.5, 0.6) is 0 Å². The third-order valence-corrected chi connectivity index (χ3v) is 7.35. The smallest absolute Gasteiger partial charge is 0.412 e. The van der Waals surface area contributed by atoms with Crippen LogP contribution in [0.1, 0.15) is 75.2 Å². The fourth-order valence-electron chi connectivity index (χ4n) is 4.67. The molecule has 12 nitrogen and oxygen atoms in total. The van der Waals surface area contributed by atoms with Crippen molar-refractivity contribution in [1.82, 2.24) is 10.3 Å². The number of amides is 2. The number of hydrogen-bond acceptors (Lipinski definition) is 10. The molecule has 1 heterocycles. The Morgan fingerprint density at radius 2 is 1.72 bits per heavy atom. The molecule has 0 saturated heterocycles. The number of nitrogens with one attached hydrogen (secondary N) is 4. The third kappa shape index (κ3) is 12.0. The van der Waals surface area contributed by atoms with Gasteiger partial charge in [-0.3, -0.25) is 25.2 Å². The van der Waals surface area contributed by atoms with E-state index in [1.165, 1.54) is 4.90 Å². The number of aromatic nitrogens is 1. The maximum absolute atomic E-state index is 13.5. The van der Waals surface area contributed by atoms with Gasteiger partial charge in [-0.2, -0.15) is 0 Å². The van der Waals surface area contributed by atoms with E-state index < -0.39 is 12.1 Å². The first-order valence-corrected chi connectivity index (χ1v) is 16.2. The van der Waals surface area contributed by atoms with Gasteiger partial charge < -0.3 is 25.8 Å². The molecule has 0 aliphatic heterocycles. The highest BCUT2D eigenvalue weighted by Crippen LogP contribution is 2.24. The lowest BCUT2D eigenvalue weighted by Gasteiger charge is -2.23. The Bertz CT molecular complexity index is 1450. The van der Waals surface area contributed by atoms with Crippen molar-refractivity contribution in [2.45, 2.75) is 65.3 Å². The number of nitrogen functional groups attached to an aromatic ring is 1. The second-order valence-electron chi connectivity index (χ2n) is 10.9. The highest BCUT2D eigenvalue weighted by atomic mass is 16.5. The Hall–Kier alpha value is -5.13. The molecule has 1 aromatic heterocycles. The van der Waals surface area contributed by atoms with Crippen molar-refractivity contribution in [2.75, 3.05) is 47.6 Å². The zero-order valence-electron chi connectivity index (χ0n) is 27.5. The number of anilines is 4. The molecule has 12 heteroatoms. The highest BCUT2D eigenvalue weighted by molar-refractivity contribution is 6.07. The minimum absolute atomic E-state index is 0.0141. The molecule has 6 N–H and O–H groups in total. The average Bonchev–Trinajstić information content (AvgIpc) is 3.08. The molecular weight excluding hydrogens is 598 g/mol. The number of benzene rings is 2. The number of carbonyl (C=O) groups is 3. The van der Waals surface area contributed by atoms with Crippen molar-refractivity contribution in [3.05, 3.63) is 78.0 Å². The predicted octanol–water partition coefficient (Wildman–Crippen LogP) is 6.20. The molecule has 0 radical (unpaired) electrons. The monoisotopic (exact) mass is 645 g/mol. The molecule has 0 fully saturated rings. The van der Waals surface area contributed by atoms with Crippen LogP contribution in [0.4, 0.5) is 27.7 Å². The largest absolute Gasteiger partial charge is 0.466 e. The zero-order valence-corrected chi connectivity index (χ0v) is 27.5. The number of pyridine rings is 1. The van der Waals surface area contributed by atoms with Crippen LogP contribution in [-0.2, 0) is 14.3 Å². The molecule has 3 aromatic rings. The van der Waals surface area contributed by atoms with Gasteiger partial charge in [0.2, 0.25) is 0 Å². The van der Waals surface area contributed by atoms with Crippen molar-refractivity contribution in [3.63, 3.8) is 0 Å². The number of ether oxygens (including phenoxy) is 2. The molecule has 0 bridgehead atoms. The third-order valence-electron chi connectivity index (χ3n) is 7.35. The van der Waals surface area contributed by atoms with Gasteiger partial charge in [-0.05, 0) is 74.4 Å². The summed E-state index contributed by atoms with van der Waals surface area (Å²) in [5.74, 6) is -0.317. The Balaban J connectivity index is 1.56. The van der Waals surface area contributed by atoms with E-state index in [0.29, 0.717) is 41.5 Å². The van der Waals surface area contributed by atoms with Crippen LogP contribution in [0.15, 0.2) is 66.9 Å². The van der Waals surface area contributed by atoms with Gasteiger partial charge in [0, 0.05) is 42.1 Å². The minimum atomic E-state index is -0.623. The fraction of sp³-hybridized carbons (Fsp3) is 0.400. The van der Waals surface area contributed by atoms with Gasteiger partial charge in [-0.15, -0.1) is 0 Å². The van der Waals surface area contributed by atoms with Gasteiger partial charge in [0.1, 0.15) is 11.7 Å². The van der Waals surface area contributed by atoms with Gasteiger partial charge in [0.25, 0.3) is 5.91 Å². The van der Waals surface area contributed by atoms with E-state index in [4.69, 9.17) is 20.6 Å². The lowest BCUT2D eigenvalue weighted by molar-refractivity contribution is -0.142. The Labute approximate surface area is 276 Å². The summed E-state index contributed by atoms with van der Waals surface area (Å²) in [6.45, 7) is 7.21.